The first-order chi connectivity index (χ1) is 16.8. The van der Waals surface area contributed by atoms with Crippen LogP contribution in [0.4, 0.5) is 11.4 Å². The van der Waals surface area contributed by atoms with Crippen molar-refractivity contribution in [2.24, 2.45) is 4.99 Å². The lowest BCUT2D eigenvalue weighted by Gasteiger charge is -2.26. The zero-order valence-electron chi connectivity index (χ0n) is 19.4. The lowest BCUT2D eigenvalue weighted by molar-refractivity contribution is -0.384. The number of aromatic nitrogens is 1. The fourth-order valence-electron chi connectivity index (χ4n) is 3.85. The number of nitrogens with zero attached hydrogens (tertiary/aromatic N) is 4. The van der Waals surface area contributed by atoms with E-state index in [9.17, 15) is 18.5 Å². The maximum absolute atomic E-state index is 12.9. The highest BCUT2D eigenvalue weighted by Crippen LogP contribution is 2.27. The smallest absolute Gasteiger partial charge is 0.269 e. The fraction of sp³-hybridized carbons (Fsp3) is 0.348. The molecule has 2 heterocycles. The van der Waals surface area contributed by atoms with Crippen LogP contribution in [0.25, 0.3) is 11.3 Å². The van der Waals surface area contributed by atoms with Crippen molar-refractivity contribution in [2.45, 2.75) is 17.9 Å². The Kier molecular flexibility index (Phi) is 7.77. The van der Waals surface area contributed by atoms with E-state index in [4.69, 9.17) is 14.5 Å². The molecule has 0 amide bonds. The minimum atomic E-state index is -3.58. The van der Waals surface area contributed by atoms with E-state index >= 15 is 0 Å². The molecule has 1 aliphatic heterocycles. The summed E-state index contributed by atoms with van der Waals surface area (Å²) in [6.07, 6.45) is 0. The molecule has 35 heavy (non-hydrogen) atoms. The van der Waals surface area contributed by atoms with E-state index in [1.807, 2.05) is 16.9 Å². The molecule has 2 aromatic carbocycles. The molecule has 186 valence electrons. The number of hydrogen-bond acceptors (Lipinski definition) is 8. The van der Waals surface area contributed by atoms with Gasteiger partial charge in [-0.15, -0.1) is 11.3 Å². The van der Waals surface area contributed by atoms with Crippen molar-refractivity contribution in [1.29, 1.82) is 0 Å². The van der Waals surface area contributed by atoms with Gasteiger partial charge >= 0.3 is 0 Å². The van der Waals surface area contributed by atoms with Crippen LogP contribution in [-0.4, -0.2) is 62.2 Å². The van der Waals surface area contributed by atoms with Gasteiger partial charge in [0, 0.05) is 37.7 Å². The number of methoxy groups -OCH3 is 1. The summed E-state index contributed by atoms with van der Waals surface area (Å²) >= 11 is 1.43. The Labute approximate surface area is 207 Å². The molecule has 3 aromatic rings. The number of hydrogen-bond donors (Lipinski definition) is 0. The topological polar surface area (TPSA) is 116 Å². The van der Waals surface area contributed by atoms with Crippen LogP contribution in [0.1, 0.15) is 13.0 Å². The summed E-state index contributed by atoms with van der Waals surface area (Å²) in [5.41, 5.74) is 2.32. The minimum absolute atomic E-state index is 0.0255. The molecule has 10 nitrogen and oxygen atoms in total. The number of sulfonamides is 1. The summed E-state index contributed by atoms with van der Waals surface area (Å²) in [7, 11) is -1.95. The Morgan fingerprint density at radius 2 is 1.80 bits per heavy atom. The summed E-state index contributed by atoms with van der Waals surface area (Å²) in [5.74, 6) is 0. The predicted molar refractivity (Wildman–Crippen MR) is 132 cm³/mol. The number of morpholine rings is 1. The SMILES string of the molecule is COC[C@H](C)n1c(-c2ccc([N+](=O)[O-])cc2)csc1=Nc1ccc(S(=O)(=O)N2CCOCC2)cc1. The molecule has 0 spiro atoms. The molecular formula is C23H26N4O6S2. The van der Waals surface area contributed by atoms with E-state index in [0.717, 1.165) is 11.3 Å². The molecule has 1 aliphatic rings. The van der Waals surface area contributed by atoms with Gasteiger partial charge in [0.05, 0.1) is 47.1 Å². The zero-order valence-corrected chi connectivity index (χ0v) is 21.0. The van der Waals surface area contributed by atoms with Gasteiger partial charge in [-0.3, -0.25) is 10.1 Å². The third-order valence-corrected chi connectivity index (χ3v) is 8.39. The second-order valence-electron chi connectivity index (χ2n) is 8.00. The summed E-state index contributed by atoms with van der Waals surface area (Å²) in [4.78, 5) is 16.3. The van der Waals surface area contributed by atoms with Gasteiger partial charge in [-0.1, -0.05) is 0 Å². The first kappa shape index (κ1) is 25.2. The monoisotopic (exact) mass is 518 g/mol. The van der Waals surface area contributed by atoms with Crippen molar-refractivity contribution < 1.29 is 22.8 Å². The molecule has 0 unspecified atom stereocenters. The second kappa shape index (κ2) is 10.8. The Morgan fingerprint density at radius 3 is 2.40 bits per heavy atom. The average molecular weight is 519 g/mol. The molecule has 0 N–H and O–H groups in total. The first-order valence-electron chi connectivity index (χ1n) is 11.0. The number of nitro benzene ring substituents is 1. The molecule has 0 bridgehead atoms. The molecule has 1 fully saturated rings. The molecule has 0 saturated carbocycles. The van der Waals surface area contributed by atoms with Crippen LogP contribution < -0.4 is 4.80 Å². The maximum atomic E-state index is 12.9. The van der Waals surface area contributed by atoms with E-state index in [-0.39, 0.29) is 16.6 Å². The number of nitro groups is 1. The molecule has 0 aliphatic carbocycles. The van der Waals surface area contributed by atoms with Gasteiger partial charge < -0.3 is 14.0 Å². The lowest BCUT2D eigenvalue weighted by Crippen LogP contribution is -2.40. The van der Waals surface area contributed by atoms with Crippen LogP contribution in [0, 0.1) is 10.1 Å². The molecular weight excluding hydrogens is 492 g/mol. The number of non-ortho nitro benzene ring substituents is 1. The van der Waals surface area contributed by atoms with Crippen LogP contribution in [0.15, 0.2) is 63.8 Å². The summed E-state index contributed by atoms with van der Waals surface area (Å²) in [5, 5.41) is 13.0. The third kappa shape index (κ3) is 5.52. The Hall–Kier alpha value is -2.90. The molecule has 4 rings (SSSR count). The summed E-state index contributed by atoms with van der Waals surface area (Å²) < 4.78 is 39.8. The summed E-state index contributed by atoms with van der Waals surface area (Å²) in [6.45, 7) is 3.91. The van der Waals surface area contributed by atoms with Crippen LogP contribution in [0.3, 0.4) is 0 Å². The predicted octanol–water partition coefficient (Wildman–Crippen LogP) is 3.59. The lowest BCUT2D eigenvalue weighted by atomic mass is 10.1. The highest BCUT2D eigenvalue weighted by Gasteiger charge is 2.26. The minimum Gasteiger partial charge on any atom is -0.383 e. The van der Waals surface area contributed by atoms with Crippen LogP contribution in [0.2, 0.25) is 0 Å². The zero-order chi connectivity index (χ0) is 25.0. The Bertz CT molecular complexity index is 1340. The van der Waals surface area contributed by atoms with E-state index in [0.29, 0.717) is 43.4 Å². The van der Waals surface area contributed by atoms with Gasteiger partial charge in [0.2, 0.25) is 10.0 Å². The quantitative estimate of drug-likeness (QED) is 0.332. The second-order valence-corrected chi connectivity index (χ2v) is 10.8. The van der Waals surface area contributed by atoms with Gasteiger partial charge in [0.1, 0.15) is 0 Å². The third-order valence-electron chi connectivity index (χ3n) is 5.63. The maximum Gasteiger partial charge on any atom is 0.269 e. The van der Waals surface area contributed by atoms with Gasteiger partial charge in [-0.2, -0.15) is 4.31 Å². The first-order valence-corrected chi connectivity index (χ1v) is 13.3. The van der Waals surface area contributed by atoms with Crippen molar-refractivity contribution >= 4 is 32.7 Å². The molecule has 1 aromatic heterocycles. The molecule has 12 heteroatoms. The number of rotatable bonds is 8. The van der Waals surface area contributed by atoms with Gasteiger partial charge in [0.25, 0.3) is 5.69 Å². The largest absolute Gasteiger partial charge is 0.383 e. The standard InChI is InChI=1S/C23H26N4O6S2/c1-17(15-32-2)26-22(18-3-7-20(8-4-18)27(28)29)16-34-23(26)24-19-5-9-21(10-6-19)35(30,31)25-11-13-33-14-12-25/h3-10,16-17H,11-15H2,1-2H3/t17-/m0/s1. The fourth-order valence-corrected chi connectivity index (χ4v) is 6.27. The highest BCUT2D eigenvalue weighted by atomic mass is 32.2. The Balaban J connectivity index is 1.69. The van der Waals surface area contributed by atoms with E-state index in [1.54, 1.807) is 43.5 Å². The average Bonchev–Trinajstić information content (AvgIpc) is 3.28. The van der Waals surface area contributed by atoms with Gasteiger partial charge in [-0.25, -0.2) is 13.4 Å². The Morgan fingerprint density at radius 1 is 1.14 bits per heavy atom. The van der Waals surface area contributed by atoms with Crippen LogP contribution in [0.5, 0.6) is 0 Å². The number of ether oxygens (including phenoxy) is 2. The number of benzene rings is 2. The van der Waals surface area contributed by atoms with E-state index in [1.165, 1.54) is 27.8 Å². The van der Waals surface area contributed by atoms with Crippen molar-refractivity contribution in [3.05, 3.63) is 68.8 Å². The normalized spacial score (nSPS) is 16.3. The van der Waals surface area contributed by atoms with Gasteiger partial charge in [-0.05, 0) is 48.9 Å². The summed E-state index contributed by atoms with van der Waals surface area (Å²) in [6, 6.07) is 12.8. The molecule has 0 radical (unpaired) electrons. The van der Waals surface area contributed by atoms with E-state index < -0.39 is 14.9 Å². The van der Waals surface area contributed by atoms with Crippen molar-refractivity contribution in [1.82, 2.24) is 8.87 Å². The molecule has 1 saturated heterocycles. The molecule has 1 atom stereocenters. The van der Waals surface area contributed by atoms with Crippen molar-refractivity contribution in [2.75, 3.05) is 40.0 Å². The van der Waals surface area contributed by atoms with E-state index in [2.05, 4.69) is 0 Å². The van der Waals surface area contributed by atoms with Crippen molar-refractivity contribution in [3.63, 3.8) is 0 Å². The van der Waals surface area contributed by atoms with Crippen molar-refractivity contribution in [3.8, 4) is 11.3 Å². The van der Waals surface area contributed by atoms with Crippen LogP contribution in [-0.2, 0) is 19.5 Å². The number of thiazole rings is 1. The highest BCUT2D eigenvalue weighted by molar-refractivity contribution is 7.89. The van der Waals surface area contributed by atoms with Gasteiger partial charge in [0.15, 0.2) is 4.80 Å². The van der Waals surface area contributed by atoms with Crippen LogP contribution >= 0.6 is 11.3 Å².